The van der Waals surface area contributed by atoms with Gasteiger partial charge in [-0.05, 0) is 24.0 Å². The molecule has 0 amide bonds. The van der Waals surface area contributed by atoms with Crippen LogP contribution in [0.3, 0.4) is 0 Å². The van der Waals surface area contributed by atoms with Crippen molar-refractivity contribution in [2.45, 2.75) is 27.2 Å². The highest BCUT2D eigenvalue weighted by Crippen LogP contribution is 2.23. The normalized spacial score (nSPS) is 11.7. The number of rotatable bonds is 3. The quantitative estimate of drug-likeness (QED) is 0.902. The van der Waals surface area contributed by atoms with Gasteiger partial charge in [-0.2, -0.15) is 0 Å². The van der Waals surface area contributed by atoms with Crippen molar-refractivity contribution in [1.82, 2.24) is 9.97 Å². The molecule has 0 radical (unpaired) electrons. The van der Waals surface area contributed by atoms with Crippen LogP contribution in [0, 0.1) is 5.41 Å². The smallest absolute Gasteiger partial charge is 0.257 e. The molecule has 0 saturated carbocycles. The zero-order chi connectivity index (χ0) is 13.2. The summed E-state index contributed by atoms with van der Waals surface area (Å²) in [6, 6.07) is 7.62. The number of anilines is 1. The summed E-state index contributed by atoms with van der Waals surface area (Å²) in [7, 11) is 0. The Balaban J connectivity index is 2.15. The van der Waals surface area contributed by atoms with Crippen LogP contribution in [0.5, 0.6) is 5.88 Å². The Hall–Kier alpha value is -1.84. The monoisotopic (exact) mass is 245 g/mol. The predicted molar refractivity (Wildman–Crippen MR) is 73.5 cm³/mol. The molecule has 4 nitrogen and oxygen atoms in total. The molecular weight excluding hydrogens is 226 g/mol. The highest BCUT2D eigenvalue weighted by atomic mass is 16.5. The van der Waals surface area contributed by atoms with Gasteiger partial charge in [-0.1, -0.05) is 32.9 Å². The van der Waals surface area contributed by atoms with Gasteiger partial charge < -0.3 is 10.5 Å². The van der Waals surface area contributed by atoms with Gasteiger partial charge in [-0.15, -0.1) is 0 Å². The van der Waals surface area contributed by atoms with E-state index in [1.165, 1.54) is 0 Å². The number of aromatic nitrogens is 2. The first-order chi connectivity index (χ1) is 8.46. The molecule has 2 aromatic rings. The van der Waals surface area contributed by atoms with E-state index in [2.05, 4.69) is 30.7 Å². The van der Waals surface area contributed by atoms with Crippen LogP contribution in [-0.4, -0.2) is 16.6 Å². The number of nitrogens with zero attached hydrogens (tertiary/aromatic N) is 2. The lowest BCUT2D eigenvalue weighted by Crippen LogP contribution is -2.12. The summed E-state index contributed by atoms with van der Waals surface area (Å²) in [4.78, 5) is 8.67. The predicted octanol–water partition coefficient (Wildman–Crippen LogP) is 3.03. The fourth-order valence-electron chi connectivity index (χ4n) is 1.56. The molecule has 1 heterocycles. The van der Waals surface area contributed by atoms with E-state index in [0.29, 0.717) is 18.3 Å². The van der Waals surface area contributed by atoms with Crippen molar-refractivity contribution in [3.63, 3.8) is 0 Å². The van der Waals surface area contributed by atoms with Gasteiger partial charge in [-0.25, -0.2) is 9.97 Å². The van der Waals surface area contributed by atoms with Crippen LogP contribution in [0.25, 0.3) is 11.0 Å². The zero-order valence-corrected chi connectivity index (χ0v) is 11.1. The molecule has 1 aromatic carbocycles. The summed E-state index contributed by atoms with van der Waals surface area (Å²) in [5.74, 6) is 0.778. The first-order valence-electron chi connectivity index (χ1n) is 6.11. The molecule has 2 N–H and O–H groups in total. The van der Waals surface area contributed by atoms with Crippen LogP contribution in [0.2, 0.25) is 0 Å². The molecule has 0 fully saturated rings. The Kier molecular flexibility index (Phi) is 3.36. The van der Waals surface area contributed by atoms with Crippen LogP contribution in [-0.2, 0) is 0 Å². The maximum absolute atomic E-state index is 5.84. The second kappa shape index (κ2) is 4.80. The number of hydrogen-bond donors (Lipinski definition) is 1. The van der Waals surface area contributed by atoms with Crippen molar-refractivity contribution < 1.29 is 4.74 Å². The van der Waals surface area contributed by atoms with Crippen LogP contribution >= 0.6 is 0 Å². The Morgan fingerprint density at radius 1 is 1.11 bits per heavy atom. The highest BCUT2D eigenvalue weighted by Gasteiger charge is 2.12. The van der Waals surface area contributed by atoms with E-state index in [0.717, 1.165) is 17.5 Å². The Morgan fingerprint density at radius 2 is 1.72 bits per heavy atom. The van der Waals surface area contributed by atoms with Crippen molar-refractivity contribution >= 4 is 16.9 Å². The van der Waals surface area contributed by atoms with Crippen molar-refractivity contribution in [3.05, 3.63) is 24.3 Å². The molecule has 0 aliphatic carbocycles. The van der Waals surface area contributed by atoms with Crippen molar-refractivity contribution in [2.24, 2.45) is 5.41 Å². The SMILES string of the molecule is CC(C)(C)CCOc1nc2ccccc2nc1N. The molecule has 0 spiro atoms. The second-order valence-electron chi connectivity index (χ2n) is 5.56. The average molecular weight is 245 g/mol. The van der Waals surface area contributed by atoms with Crippen molar-refractivity contribution in [1.29, 1.82) is 0 Å². The average Bonchev–Trinajstić information content (AvgIpc) is 2.28. The Bertz CT molecular complexity index is 546. The fraction of sp³-hybridized carbons (Fsp3) is 0.429. The lowest BCUT2D eigenvalue weighted by molar-refractivity contribution is 0.237. The van der Waals surface area contributed by atoms with Gasteiger partial charge in [0.25, 0.3) is 5.88 Å². The topological polar surface area (TPSA) is 61.0 Å². The summed E-state index contributed by atoms with van der Waals surface area (Å²) in [5, 5.41) is 0. The lowest BCUT2D eigenvalue weighted by Gasteiger charge is -2.18. The third-order valence-corrected chi connectivity index (χ3v) is 2.65. The highest BCUT2D eigenvalue weighted by molar-refractivity contribution is 5.76. The minimum atomic E-state index is 0.235. The van der Waals surface area contributed by atoms with Gasteiger partial charge in [-0.3, -0.25) is 0 Å². The number of nitrogens with two attached hydrogens (primary N) is 1. The molecule has 96 valence electrons. The number of hydrogen-bond acceptors (Lipinski definition) is 4. The molecule has 0 bridgehead atoms. The van der Waals surface area contributed by atoms with E-state index in [1.54, 1.807) is 0 Å². The first kappa shape index (κ1) is 12.6. The van der Waals surface area contributed by atoms with Gasteiger partial charge in [0.1, 0.15) is 0 Å². The van der Waals surface area contributed by atoms with Crippen molar-refractivity contribution in [3.8, 4) is 5.88 Å². The number of ether oxygens (including phenoxy) is 1. The van der Waals surface area contributed by atoms with Gasteiger partial charge in [0.05, 0.1) is 17.6 Å². The molecule has 0 atom stereocenters. The maximum Gasteiger partial charge on any atom is 0.257 e. The molecule has 1 aromatic heterocycles. The van der Waals surface area contributed by atoms with E-state index in [9.17, 15) is 0 Å². The standard InChI is InChI=1S/C14H19N3O/c1-14(2,3)8-9-18-13-12(15)16-10-6-4-5-7-11(10)17-13/h4-7H,8-9H2,1-3H3,(H2,15,16). The van der Waals surface area contributed by atoms with Crippen LogP contribution < -0.4 is 10.5 Å². The third-order valence-electron chi connectivity index (χ3n) is 2.65. The van der Waals surface area contributed by atoms with Crippen molar-refractivity contribution in [2.75, 3.05) is 12.3 Å². The first-order valence-corrected chi connectivity index (χ1v) is 6.11. The fourth-order valence-corrected chi connectivity index (χ4v) is 1.56. The maximum atomic E-state index is 5.84. The van der Waals surface area contributed by atoms with Crippen LogP contribution in [0.4, 0.5) is 5.82 Å². The van der Waals surface area contributed by atoms with E-state index in [4.69, 9.17) is 10.5 Å². The van der Waals surface area contributed by atoms with E-state index in [-0.39, 0.29) is 5.41 Å². The largest absolute Gasteiger partial charge is 0.475 e. The van der Waals surface area contributed by atoms with Crippen LogP contribution in [0.15, 0.2) is 24.3 Å². The van der Waals surface area contributed by atoms with Gasteiger partial charge in [0.15, 0.2) is 5.82 Å². The molecule has 0 saturated heterocycles. The Morgan fingerprint density at radius 3 is 2.33 bits per heavy atom. The molecule has 2 rings (SSSR count). The van der Waals surface area contributed by atoms with Gasteiger partial charge in [0.2, 0.25) is 0 Å². The second-order valence-corrected chi connectivity index (χ2v) is 5.56. The molecule has 18 heavy (non-hydrogen) atoms. The molecule has 0 aliphatic rings. The summed E-state index contributed by atoms with van der Waals surface area (Å²) >= 11 is 0. The minimum Gasteiger partial charge on any atom is -0.475 e. The third kappa shape index (κ3) is 3.09. The van der Waals surface area contributed by atoms with E-state index in [1.807, 2.05) is 24.3 Å². The molecule has 0 unspecified atom stereocenters. The van der Waals surface area contributed by atoms with E-state index < -0.39 is 0 Å². The molecular formula is C14H19N3O. The summed E-state index contributed by atoms with van der Waals surface area (Å²) in [6.45, 7) is 7.12. The van der Waals surface area contributed by atoms with Gasteiger partial charge >= 0.3 is 0 Å². The molecule has 0 aliphatic heterocycles. The summed E-state index contributed by atoms with van der Waals surface area (Å²) < 4.78 is 5.62. The summed E-state index contributed by atoms with van der Waals surface area (Å²) in [6.07, 6.45) is 0.945. The number of nitrogen functional groups attached to an aromatic ring is 1. The van der Waals surface area contributed by atoms with Gasteiger partial charge in [0, 0.05) is 0 Å². The number of fused-ring (bicyclic) bond motifs is 1. The Labute approximate surface area is 107 Å². The number of benzene rings is 1. The zero-order valence-electron chi connectivity index (χ0n) is 11.1. The van der Waals surface area contributed by atoms with Crippen LogP contribution in [0.1, 0.15) is 27.2 Å². The number of para-hydroxylation sites is 2. The van der Waals surface area contributed by atoms with E-state index >= 15 is 0 Å². The minimum absolute atomic E-state index is 0.235. The molecule has 4 heteroatoms. The summed E-state index contributed by atoms with van der Waals surface area (Å²) in [5.41, 5.74) is 7.67. The lowest BCUT2D eigenvalue weighted by atomic mass is 9.93.